The lowest BCUT2D eigenvalue weighted by Gasteiger charge is -2.25. The minimum absolute atomic E-state index is 0.0101. The summed E-state index contributed by atoms with van der Waals surface area (Å²) in [5.41, 5.74) is -0.968. The standard InChI is InChI=1S/C30H40N8O7/c1-29(2,3)43-15-20(33-28(41)44-30(4,5)6)24-35-27(45-38-24)17-10-9-11-18(23(17)42-8)32-19-14-21(34-25(39)16-12-13-16)36-37-22(19)26(40)31-7/h9-11,14,16,20H,12-13,15H2,1-8H3,(H,31,40)(H,33,41)(H2,32,34,36,39)/t20-/m1/s1/i7D3. The predicted molar refractivity (Wildman–Crippen MR) is 164 cm³/mol. The van der Waals surface area contributed by atoms with Crippen molar-refractivity contribution in [3.63, 3.8) is 0 Å². The smallest absolute Gasteiger partial charge is 0.408 e. The molecule has 0 saturated heterocycles. The fourth-order valence-electron chi connectivity index (χ4n) is 3.97. The Morgan fingerprint density at radius 1 is 1.09 bits per heavy atom. The van der Waals surface area contributed by atoms with E-state index in [1.54, 1.807) is 39.0 Å². The number of para-hydroxylation sites is 1. The summed E-state index contributed by atoms with van der Waals surface area (Å²) in [6.45, 7) is 8.02. The Bertz CT molecular complexity index is 1650. The largest absolute Gasteiger partial charge is 0.494 e. The zero-order valence-electron chi connectivity index (χ0n) is 29.2. The lowest BCUT2D eigenvalue weighted by molar-refractivity contribution is -0.117. The molecule has 1 aliphatic carbocycles. The molecule has 15 heteroatoms. The van der Waals surface area contributed by atoms with Crippen LogP contribution in [0.1, 0.15) is 80.9 Å². The Morgan fingerprint density at radius 3 is 2.49 bits per heavy atom. The van der Waals surface area contributed by atoms with Crippen molar-refractivity contribution in [2.24, 2.45) is 5.92 Å². The molecule has 1 saturated carbocycles. The summed E-state index contributed by atoms with van der Waals surface area (Å²) in [7, 11) is 1.40. The molecular weight excluding hydrogens is 584 g/mol. The SMILES string of the molecule is [2H]C([2H])([2H])NC(=O)c1nnc(NC(=O)C2CC2)cc1Nc1cccc(-c2nc([C@@H](COC(C)(C)C)NC(=O)OC(C)(C)C)no2)c1OC. The number of nitrogens with zero attached hydrogens (tertiary/aromatic N) is 4. The van der Waals surface area contributed by atoms with Gasteiger partial charge in [-0.15, -0.1) is 10.2 Å². The Kier molecular flexibility index (Phi) is 8.66. The van der Waals surface area contributed by atoms with Gasteiger partial charge in [0.15, 0.2) is 23.1 Å². The number of ether oxygens (including phenoxy) is 3. The van der Waals surface area contributed by atoms with E-state index in [1.807, 2.05) is 26.1 Å². The van der Waals surface area contributed by atoms with Crippen LogP contribution in [0.5, 0.6) is 5.75 Å². The van der Waals surface area contributed by atoms with Crippen molar-refractivity contribution >= 4 is 35.1 Å². The lowest BCUT2D eigenvalue weighted by Crippen LogP contribution is -2.38. The topological polar surface area (TPSA) is 192 Å². The zero-order valence-corrected chi connectivity index (χ0v) is 26.2. The van der Waals surface area contributed by atoms with Crippen LogP contribution >= 0.6 is 0 Å². The van der Waals surface area contributed by atoms with E-state index in [0.29, 0.717) is 11.3 Å². The van der Waals surface area contributed by atoms with Gasteiger partial charge in [0.2, 0.25) is 5.91 Å². The van der Waals surface area contributed by atoms with Gasteiger partial charge in [0.05, 0.1) is 36.3 Å². The molecule has 0 radical (unpaired) electrons. The first kappa shape index (κ1) is 29.0. The minimum Gasteiger partial charge on any atom is -0.494 e. The van der Waals surface area contributed by atoms with Gasteiger partial charge in [0.1, 0.15) is 11.6 Å². The van der Waals surface area contributed by atoms with Gasteiger partial charge in [-0.05, 0) is 66.5 Å². The third-order valence-corrected chi connectivity index (χ3v) is 6.17. The molecule has 2 aromatic heterocycles. The molecule has 1 aliphatic rings. The van der Waals surface area contributed by atoms with Crippen molar-refractivity contribution in [1.29, 1.82) is 0 Å². The highest BCUT2D eigenvalue weighted by atomic mass is 16.6. The summed E-state index contributed by atoms with van der Waals surface area (Å²) in [5.74, 6) is -0.995. The number of carbonyl (C=O) groups is 3. The predicted octanol–water partition coefficient (Wildman–Crippen LogP) is 4.37. The number of anilines is 3. The summed E-state index contributed by atoms with van der Waals surface area (Å²) in [6.07, 6.45) is 0.815. The molecule has 3 aromatic rings. The lowest BCUT2D eigenvalue weighted by atomic mass is 10.1. The van der Waals surface area contributed by atoms with Crippen LogP contribution in [0.2, 0.25) is 0 Å². The second-order valence-corrected chi connectivity index (χ2v) is 12.3. The molecule has 0 aliphatic heterocycles. The molecule has 45 heavy (non-hydrogen) atoms. The maximum absolute atomic E-state index is 12.9. The number of carbonyl (C=O) groups excluding carboxylic acids is 3. The number of rotatable bonds is 11. The summed E-state index contributed by atoms with van der Waals surface area (Å²) < 4.78 is 44.9. The fourth-order valence-corrected chi connectivity index (χ4v) is 3.97. The van der Waals surface area contributed by atoms with E-state index in [1.165, 1.54) is 13.2 Å². The molecule has 0 bridgehead atoms. The molecule has 242 valence electrons. The second kappa shape index (κ2) is 13.5. The number of amides is 3. The third kappa shape index (κ3) is 9.11. The summed E-state index contributed by atoms with van der Waals surface area (Å²) in [4.78, 5) is 42.4. The highest BCUT2D eigenvalue weighted by Gasteiger charge is 2.31. The Morgan fingerprint density at radius 2 is 1.84 bits per heavy atom. The van der Waals surface area contributed by atoms with Gasteiger partial charge in [0.25, 0.3) is 11.8 Å². The van der Waals surface area contributed by atoms with Crippen molar-refractivity contribution < 1.29 is 37.2 Å². The van der Waals surface area contributed by atoms with Crippen LogP contribution in [0.15, 0.2) is 28.8 Å². The molecule has 1 atom stereocenters. The van der Waals surface area contributed by atoms with Crippen LogP contribution in [0.4, 0.5) is 22.0 Å². The van der Waals surface area contributed by atoms with E-state index < -0.39 is 36.2 Å². The number of aromatic nitrogens is 4. The quantitative estimate of drug-likeness (QED) is 0.235. The van der Waals surface area contributed by atoms with Gasteiger partial charge in [-0.25, -0.2) is 4.79 Å². The number of hydrogen-bond acceptors (Lipinski definition) is 12. The Hall–Kier alpha value is -4.79. The normalized spacial score (nSPS) is 15.1. The van der Waals surface area contributed by atoms with Crippen molar-refractivity contribution in [3.8, 4) is 17.2 Å². The van der Waals surface area contributed by atoms with Crippen molar-refractivity contribution in [1.82, 2.24) is 31.0 Å². The molecule has 1 aromatic carbocycles. The molecule has 0 unspecified atom stereocenters. The summed E-state index contributed by atoms with van der Waals surface area (Å²) in [6, 6.07) is 5.45. The monoisotopic (exact) mass is 627 g/mol. The Labute approximate surface area is 265 Å². The van der Waals surface area contributed by atoms with Gasteiger partial charge in [-0.1, -0.05) is 11.2 Å². The van der Waals surface area contributed by atoms with E-state index in [4.69, 9.17) is 22.8 Å². The third-order valence-electron chi connectivity index (χ3n) is 6.17. The maximum Gasteiger partial charge on any atom is 0.408 e. The van der Waals surface area contributed by atoms with Crippen molar-refractivity contribution in [2.75, 3.05) is 31.3 Å². The minimum atomic E-state index is -2.80. The molecular formula is C30H40N8O7. The van der Waals surface area contributed by atoms with Gasteiger partial charge in [-0.2, -0.15) is 4.98 Å². The second-order valence-electron chi connectivity index (χ2n) is 12.3. The van der Waals surface area contributed by atoms with Crippen LogP contribution in [-0.2, 0) is 14.3 Å². The summed E-state index contributed by atoms with van der Waals surface area (Å²) in [5, 5.41) is 22.2. The zero-order chi connectivity index (χ0) is 35.4. The van der Waals surface area contributed by atoms with Crippen LogP contribution < -0.4 is 26.0 Å². The van der Waals surface area contributed by atoms with Crippen molar-refractivity contribution in [3.05, 3.63) is 35.8 Å². The van der Waals surface area contributed by atoms with Gasteiger partial charge >= 0.3 is 6.09 Å². The number of hydrogen-bond donors (Lipinski definition) is 4. The van der Waals surface area contributed by atoms with Crippen LogP contribution in [0.25, 0.3) is 11.5 Å². The number of methoxy groups -OCH3 is 1. The first-order chi connectivity index (χ1) is 22.3. The molecule has 4 rings (SSSR count). The van der Waals surface area contributed by atoms with E-state index in [2.05, 4.69) is 36.3 Å². The van der Waals surface area contributed by atoms with E-state index in [0.717, 1.165) is 12.8 Å². The van der Waals surface area contributed by atoms with E-state index >= 15 is 0 Å². The van der Waals surface area contributed by atoms with Crippen molar-refractivity contribution in [2.45, 2.75) is 71.6 Å². The Balaban J connectivity index is 1.67. The van der Waals surface area contributed by atoms with Gasteiger partial charge in [-0.3, -0.25) is 9.59 Å². The highest BCUT2D eigenvalue weighted by Crippen LogP contribution is 2.38. The van der Waals surface area contributed by atoms with Crippen LogP contribution in [0, 0.1) is 5.92 Å². The molecule has 2 heterocycles. The molecule has 15 nitrogen and oxygen atoms in total. The molecule has 0 spiro atoms. The number of nitrogens with one attached hydrogen (secondary N) is 4. The molecule has 1 fully saturated rings. The molecule has 4 N–H and O–H groups in total. The first-order valence-electron chi connectivity index (χ1n) is 15.7. The van der Waals surface area contributed by atoms with E-state index in [-0.39, 0.29) is 53.1 Å². The average molecular weight is 628 g/mol. The number of alkyl carbamates (subject to hydrolysis) is 1. The number of benzene rings is 1. The fraction of sp³-hybridized carbons (Fsp3) is 0.500. The first-order valence-corrected chi connectivity index (χ1v) is 14.2. The van der Waals surface area contributed by atoms with E-state index in [9.17, 15) is 14.4 Å². The van der Waals surface area contributed by atoms with Gasteiger partial charge in [0, 0.05) is 23.1 Å². The highest BCUT2D eigenvalue weighted by molar-refractivity contribution is 6.00. The molecule has 3 amide bonds. The summed E-state index contributed by atoms with van der Waals surface area (Å²) >= 11 is 0. The van der Waals surface area contributed by atoms with Gasteiger partial charge < -0.3 is 40.0 Å². The average Bonchev–Trinajstić information content (AvgIpc) is 3.70. The maximum atomic E-state index is 12.9. The van der Waals surface area contributed by atoms with Crippen LogP contribution in [0.3, 0.4) is 0 Å². The van der Waals surface area contributed by atoms with Crippen LogP contribution in [-0.4, -0.2) is 70.1 Å².